The number of hydrogen-bond acceptors (Lipinski definition) is 6. The van der Waals surface area contributed by atoms with Crippen LogP contribution < -0.4 is 15.7 Å². The molecule has 8 heteroatoms. The van der Waals surface area contributed by atoms with Crippen LogP contribution in [0.3, 0.4) is 0 Å². The third-order valence-corrected chi connectivity index (χ3v) is 4.41. The molecule has 0 aliphatic carbocycles. The Morgan fingerprint density at radius 2 is 2.08 bits per heavy atom. The summed E-state index contributed by atoms with van der Waals surface area (Å²) < 4.78 is 10.9. The lowest BCUT2D eigenvalue weighted by atomic mass is 10.1. The van der Waals surface area contributed by atoms with Crippen LogP contribution in [-0.4, -0.2) is 41.6 Å². The number of carboxylic acid groups (broad SMARTS) is 1. The molecule has 1 amide bonds. The Morgan fingerprint density at radius 1 is 1.35 bits per heavy atom. The molecule has 1 unspecified atom stereocenters. The number of rotatable bonds is 8. The number of carboxylic acids is 1. The Hall–Kier alpha value is -2.48. The number of hydrogen-bond donors (Lipinski definition) is 2. The van der Waals surface area contributed by atoms with E-state index >= 15 is 0 Å². The zero-order valence-corrected chi connectivity index (χ0v) is 15.6. The van der Waals surface area contributed by atoms with Gasteiger partial charge in [-0.05, 0) is 42.9 Å². The highest BCUT2D eigenvalue weighted by Gasteiger charge is 2.20. The molecule has 0 bridgehead atoms. The number of ether oxygens (including phenoxy) is 1. The first-order valence-corrected chi connectivity index (χ1v) is 9.46. The number of carbonyl (C=O) groups excluding carboxylic acids is 1. The molecule has 1 aromatic heterocycles. The van der Waals surface area contributed by atoms with Crippen molar-refractivity contribution in [2.45, 2.75) is 26.3 Å². The smallest absolute Gasteiger partial charge is 0.336 e. The van der Waals surface area contributed by atoms with Crippen molar-refractivity contribution in [3.05, 3.63) is 39.7 Å². The maximum absolute atomic E-state index is 12.1. The Bertz CT molecular complexity index is 876. The van der Waals surface area contributed by atoms with E-state index in [2.05, 4.69) is 5.32 Å². The molecule has 2 aromatic rings. The molecule has 0 spiro atoms. The second kappa shape index (κ2) is 8.75. The SMILES string of the molecule is CCc1cc(=O)oc2cc(C)cc(OCC(=O)NC(CSC)C(=O)O)c12. The molecule has 0 aliphatic rings. The van der Waals surface area contributed by atoms with Crippen molar-refractivity contribution < 1.29 is 23.8 Å². The van der Waals surface area contributed by atoms with Crippen LogP contribution >= 0.6 is 11.8 Å². The Morgan fingerprint density at radius 3 is 2.69 bits per heavy atom. The third kappa shape index (κ3) is 4.78. The van der Waals surface area contributed by atoms with Crippen molar-refractivity contribution in [1.29, 1.82) is 0 Å². The minimum Gasteiger partial charge on any atom is -0.483 e. The van der Waals surface area contributed by atoms with Gasteiger partial charge in [0.2, 0.25) is 0 Å². The van der Waals surface area contributed by atoms with Gasteiger partial charge < -0.3 is 19.6 Å². The molecule has 0 saturated heterocycles. The molecule has 0 fully saturated rings. The van der Waals surface area contributed by atoms with Crippen molar-refractivity contribution in [2.24, 2.45) is 0 Å². The van der Waals surface area contributed by atoms with Crippen molar-refractivity contribution >= 4 is 34.6 Å². The second-order valence-corrected chi connectivity index (χ2v) is 6.69. The van der Waals surface area contributed by atoms with Gasteiger partial charge in [0.15, 0.2) is 6.61 Å². The van der Waals surface area contributed by atoms with Crippen LogP contribution in [0.25, 0.3) is 11.0 Å². The minimum atomic E-state index is -1.09. The predicted molar refractivity (Wildman–Crippen MR) is 100 cm³/mol. The summed E-state index contributed by atoms with van der Waals surface area (Å²) in [7, 11) is 0. The zero-order chi connectivity index (χ0) is 19.3. The molecule has 140 valence electrons. The molecule has 0 radical (unpaired) electrons. The summed E-state index contributed by atoms with van der Waals surface area (Å²) in [6.45, 7) is 3.40. The molecule has 1 heterocycles. The van der Waals surface area contributed by atoms with Crippen molar-refractivity contribution in [3.63, 3.8) is 0 Å². The lowest BCUT2D eigenvalue weighted by molar-refractivity contribution is -0.141. The minimum absolute atomic E-state index is 0.263. The van der Waals surface area contributed by atoms with Crippen LogP contribution in [0.15, 0.2) is 27.4 Å². The van der Waals surface area contributed by atoms with E-state index in [9.17, 15) is 14.4 Å². The summed E-state index contributed by atoms with van der Waals surface area (Å²) in [6.07, 6.45) is 2.36. The quantitative estimate of drug-likeness (QED) is 0.676. The molecule has 0 saturated carbocycles. The van der Waals surface area contributed by atoms with E-state index in [0.29, 0.717) is 23.1 Å². The number of aliphatic carboxylic acids is 1. The van der Waals surface area contributed by atoms with Crippen LogP contribution in [-0.2, 0) is 16.0 Å². The highest BCUT2D eigenvalue weighted by atomic mass is 32.2. The summed E-state index contributed by atoms with van der Waals surface area (Å²) in [5, 5.41) is 12.2. The lowest BCUT2D eigenvalue weighted by Gasteiger charge is -2.15. The van der Waals surface area contributed by atoms with Gasteiger partial charge in [-0.15, -0.1) is 0 Å². The maximum Gasteiger partial charge on any atom is 0.336 e. The predicted octanol–water partition coefficient (Wildman–Crippen LogP) is 1.98. The van der Waals surface area contributed by atoms with E-state index in [1.54, 1.807) is 18.4 Å². The molecule has 2 rings (SSSR count). The Balaban J connectivity index is 2.24. The fraction of sp³-hybridized carbons (Fsp3) is 0.389. The summed E-state index contributed by atoms with van der Waals surface area (Å²) in [5.74, 6) is -0.938. The van der Waals surface area contributed by atoms with Crippen LogP contribution in [0, 0.1) is 6.92 Å². The van der Waals surface area contributed by atoms with Crippen LogP contribution in [0.2, 0.25) is 0 Å². The summed E-state index contributed by atoms with van der Waals surface area (Å²) in [5.41, 5.74) is 1.54. The summed E-state index contributed by atoms with van der Waals surface area (Å²) in [6, 6.07) is 3.93. The molecule has 2 N–H and O–H groups in total. The first-order chi connectivity index (χ1) is 12.3. The fourth-order valence-corrected chi connectivity index (χ4v) is 3.14. The van der Waals surface area contributed by atoms with Gasteiger partial charge in [-0.25, -0.2) is 9.59 Å². The van der Waals surface area contributed by atoms with Crippen molar-refractivity contribution in [1.82, 2.24) is 5.32 Å². The van der Waals surface area contributed by atoms with Gasteiger partial charge in [0.1, 0.15) is 17.4 Å². The van der Waals surface area contributed by atoms with E-state index in [1.807, 2.05) is 13.8 Å². The average Bonchev–Trinajstić information content (AvgIpc) is 2.57. The number of carbonyl (C=O) groups is 2. The second-order valence-electron chi connectivity index (χ2n) is 5.78. The molecular formula is C18H21NO6S. The van der Waals surface area contributed by atoms with Crippen molar-refractivity contribution in [2.75, 3.05) is 18.6 Å². The van der Waals surface area contributed by atoms with Gasteiger partial charge in [-0.3, -0.25) is 4.79 Å². The van der Waals surface area contributed by atoms with Gasteiger partial charge >= 0.3 is 11.6 Å². The average molecular weight is 379 g/mol. The Kier molecular flexibility index (Phi) is 6.68. The normalized spacial score (nSPS) is 12.0. The standard InChI is InChI=1S/C18H21NO6S/c1-4-11-7-16(21)25-14-6-10(2)5-13(17(11)14)24-8-15(20)19-12(9-26-3)18(22)23/h5-7,12H,4,8-9H2,1-3H3,(H,19,20)(H,22,23). The van der Waals surface area contributed by atoms with E-state index in [0.717, 1.165) is 11.1 Å². The molecule has 0 aliphatic heterocycles. The van der Waals surface area contributed by atoms with Crippen LogP contribution in [0.5, 0.6) is 5.75 Å². The molecule has 26 heavy (non-hydrogen) atoms. The first-order valence-electron chi connectivity index (χ1n) is 8.07. The van der Waals surface area contributed by atoms with Gasteiger partial charge in [0.05, 0.1) is 5.39 Å². The summed E-state index contributed by atoms with van der Waals surface area (Å²) >= 11 is 1.33. The fourth-order valence-electron chi connectivity index (χ4n) is 2.58. The van der Waals surface area contributed by atoms with E-state index < -0.39 is 23.5 Å². The Labute approximate surface area is 154 Å². The number of fused-ring (bicyclic) bond motifs is 1. The highest BCUT2D eigenvalue weighted by molar-refractivity contribution is 7.98. The van der Waals surface area contributed by atoms with Crippen LogP contribution in [0.1, 0.15) is 18.1 Å². The zero-order valence-electron chi connectivity index (χ0n) is 14.8. The number of aryl methyl sites for hydroxylation is 2. The molecule has 1 atom stereocenters. The largest absolute Gasteiger partial charge is 0.483 e. The maximum atomic E-state index is 12.1. The van der Waals surface area contributed by atoms with Gasteiger partial charge in [0, 0.05) is 11.8 Å². The number of benzene rings is 1. The molecular weight excluding hydrogens is 358 g/mol. The number of thioether (sulfide) groups is 1. The van der Waals surface area contributed by atoms with Gasteiger partial charge in [0.25, 0.3) is 5.91 Å². The van der Waals surface area contributed by atoms with Gasteiger partial charge in [-0.1, -0.05) is 6.92 Å². The molecule has 1 aromatic carbocycles. The number of nitrogens with one attached hydrogen (secondary N) is 1. The third-order valence-electron chi connectivity index (χ3n) is 3.74. The lowest BCUT2D eigenvalue weighted by Crippen LogP contribution is -2.44. The van der Waals surface area contributed by atoms with E-state index in [-0.39, 0.29) is 12.4 Å². The van der Waals surface area contributed by atoms with Crippen molar-refractivity contribution in [3.8, 4) is 5.75 Å². The highest BCUT2D eigenvalue weighted by Crippen LogP contribution is 2.30. The van der Waals surface area contributed by atoms with E-state index in [4.69, 9.17) is 14.3 Å². The summed E-state index contributed by atoms with van der Waals surface area (Å²) in [4.78, 5) is 34.8. The monoisotopic (exact) mass is 379 g/mol. The topological polar surface area (TPSA) is 106 Å². The number of amides is 1. The van der Waals surface area contributed by atoms with E-state index in [1.165, 1.54) is 17.8 Å². The molecule has 7 nitrogen and oxygen atoms in total. The van der Waals surface area contributed by atoms with Gasteiger partial charge in [-0.2, -0.15) is 11.8 Å². The first kappa shape index (κ1) is 19.8. The van der Waals surface area contributed by atoms with Crippen LogP contribution in [0.4, 0.5) is 0 Å².